The van der Waals surface area contributed by atoms with Crippen LogP contribution in [0.4, 0.5) is 0 Å². The second-order valence-corrected chi connectivity index (χ2v) is 20.5. The van der Waals surface area contributed by atoms with Gasteiger partial charge in [0.05, 0.1) is 86.6 Å². The van der Waals surface area contributed by atoms with E-state index in [1.165, 1.54) is 11.3 Å². The summed E-state index contributed by atoms with van der Waals surface area (Å²) in [6, 6.07) is 7.24. The number of hydrogen-bond donors (Lipinski definition) is 3. The van der Waals surface area contributed by atoms with E-state index in [0.29, 0.717) is 82.6 Å². The average Bonchev–Trinajstić information content (AvgIpc) is 4.16. The lowest BCUT2D eigenvalue weighted by atomic mass is 9.99. The lowest BCUT2D eigenvalue weighted by Gasteiger charge is -2.27. The molecule has 374 valence electrons. The number of methoxy groups -OCH3 is 4. The number of aliphatic hydroxyl groups excluding tert-OH is 2. The normalized spacial score (nSPS) is 18.5. The zero-order valence-corrected chi connectivity index (χ0v) is 42.9. The number of carbonyl (C=O) groups is 2. The Kier molecular flexibility index (Phi) is 19.5. The second kappa shape index (κ2) is 25.0. The van der Waals surface area contributed by atoms with Gasteiger partial charge in [-0.15, -0.1) is 22.7 Å². The van der Waals surface area contributed by atoms with Gasteiger partial charge >= 0.3 is 11.9 Å². The van der Waals surface area contributed by atoms with Gasteiger partial charge in [0.1, 0.15) is 41.3 Å². The molecule has 0 amide bonds. The molecule has 4 aromatic rings. The molecule has 0 saturated heterocycles. The fourth-order valence-corrected chi connectivity index (χ4v) is 11.8. The third-order valence-corrected chi connectivity index (χ3v) is 15.6. The Balaban J connectivity index is 1.18. The van der Waals surface area contributed by atoms with Crippen LogP contribution in [-0.2, 0) is 55.9 Å². The first kappa shape index (κ1) is 53.0. The average molecular weight is 981 g/mol. The van der Waals surface area contributed by atoms with Crippen LogP contribution < -0.4 is 18.9 Å². The van der Waals surface area contributed by atoms with E-state index in [0.717, 1.165) is 77.3 Å². The van der Waals surface area contributed by atoms with Crippen molar-refractivity contribution in [2.24, 2.45) is 0 Å². The summed E-state index contributed by atoms with van der Waals surface area (Å²) < 4.78 is 42.1. The monoisotopic (exact) mass is 980 g/mol. The molecule has 2 fully saturated rings. The molecule has 0 bridgehead atoms. The maximum Gasteiger partial charge on any atom is 0.312 e. The predicted octanol–water partition coefficient (Wildman–Crippen LogP) is 9.71. The molecule has 2 aliphatic carbocycles. The minimum Gasteiger partial charge on any atom is -0.496 e. The molecule has 7 unspecified atom stereocenters. The number of aromatic nitrogens is 2. The van der Waals surface area contributed by atoms with E-state index in [9.17, 15) is 24.9 Å². The van der Waals surface area contributed by atoms with Crippen molar-refractivity contribution in [2.45, 2.75) is 180 Å². The first-order chi connectivity index (χ1) is 32.7. The number of esters is 1. The molecular formula is C52H72N2O12S2. The summed E-state index contributed by atoms with van der Waals surface area (Å²) in [6.07, 6.45) is 6.36. The predicted molar refractivity (Wildman–Crippen MR) is 262 cm³/mol. The minimum absolute atomic E-state index is 0.0142. The first-order valence-electron chi connectivity index (χ1n) is 24.2. The first-order valence-corrected chi connectivity index (χ1v) is 25.8. The minimum atomic E-state index is -1.12. The number of ether oxygens (including phenoxy) is 7. The van der Waals surface area contributed by atoms with E-state index in [2.05, 4.69) is 6.92 Å². The number of benzene rings is 2. The van der Waals surface area contributed by atoms with Gasteiger partial charge in [0, 0.05) is 40.1 Å². The van der Waals surface area contributed by atoms with Crippen LogP contribution in [0.1, 0.15) is 157 Å². The van der Waals surface area contributed by atoms with Crippen molar-refractivity contribution in [2.75, 3.05) is 28.4 Å². The van der Waals surface area contributed by atoms with Crippen molar-refractivity contribution in [3.8, 4) is 23.0 Å². The lowest BCUT2D eigenvalue weighted by Crippen LogP contribution is -2.30. The Morgan fingerprint density at radius 1 is 0.691 bits per heavy atom. The van der Waals surface area contributed by atoms with Gasteiger partial charge in [0.15, 0.2) is 0 Å². The van der Waals surface area contributed by atoms with Crippen molar-refractivity contribution in [3.63, 3.8) is 0 Å². The molecule has 2 saturated carbocycles. The van der Waals surface area contributed by atoms with Gasteiger partial charge < -0.3 is 48.5 Å². The number of aliphatic carboxylic acids is 1. The standard InChI is InChI=1S/C52H72N2O12S2/c1-10-12-18-44-37(53-46(67-44)27-42(64-34-16-13-14-17-34)50(56)32-21-38(60-6)29(3)39(22-32)61-7)26-48(55)66-36-20-19-35(25-36)65-43(51(57)33-23-40(62-8)30(4)41(24-33)63-9)28-47-54-49(31(5)52(58)59)45(68-47)15-11-2/h21-24,31,34-36,42-43,50-51,56-57H,10-20,25-28H2,1-9H3,(H,58,59). The molecular weight excluding hydrogens is 909 g/mol. The Labute approximate surface area is 409 Å². The number of carbonyl (C=O) groups excluding carboxylic acids is 1. The molecule has 16 heteroatoms. The van der Waals surface area contributed by atoms with Crippen molar-refractivity contribution >= 4 is 34.6 Å². The molecule has 68 heavy (non-hydrogen) atoms. The highest BCUT2D eigenvalue weighted by atomic mass is 32.1. The van der Waals surface area contributed by atoms with E-state index < -0.39 is 42.4 Å². The van der Waals surface area contributed by atoms with Crippen molar-refractivity contribution in [3.05, 3.63) is 77.7 Å². The van der Waals surface area contributed by atoms with Gasteiger partial charge in [0.2, 0.25) is 0 Å². The van der Waals surface area contributed by atoms with Crippen LogP contribution in [0.3, 0.4) is 0 Å². The smallest absolute Gasteiger partial charge is 0.312 e. The third-order valence-electron chi connectivity index (χ3n) is 13.3. The van der Waals surface area contributed by atoms with Crippen LogP contribution in [0, 0.1) is 13.8 Å². The summed E-state index contributed by atoms with van der Waals surface area (Å²) in [5.41, 5.74) is 4.06. The number of hydrogen-bond acceptors (Lipinski definition) is 15. The molecule has 3 N–H and O–H groups in total. The highest BCUT2D eigenvalue weighted by Gasteiger charge is 2.36. The van der Waals surface area contributed by atoms with E-state index in [4.69, 9.17) is 43.1 Å². The second-order valence-electron chi connectivity index (χ2n) is 18.2. The van der Waals surface area contributed by atoms with Crippen LogP contribution in [0.2, 0.25) is 0 Å². The molecule has 14 nitrogen and oxygen atoms in total. The number of unbranched alkanes of at least 4 members (excludes halogenated alkanes) is 1. The molecule has 0 aliphatic heterocycles. The Bertz CT molecular complexity index is 2240. The topological polar surface area (TPSA) is 185 Å². The molecule has 7 atom stereocenters. The molecule has 2 heterocycles. The van der Waals surface area contributed by atoms with Crippen LogP contribution in [0.15, 0.2) is 24.3 Å². The highest BCUT2D eigenvalue weighted by molar-refractivity contribution is 7.12. The van der Waals surface area contributed by atoms with Gasteiger partial charge in [-0.2, -0.15) is 0 Å². The number of rotatable bonds is 26. The Morgan fingerprint density at radius 2 is 1.19 bits per heavy atom. The van der Waals surface area contributed by atoms with Gasteiger partial charge in [0.25, 0.3) is 0 Å². The summed E-state index contributed by atoms with van der Waals surface area (Å²) in [6.45, 7) is 9.62. The molecule has 2 aromatic carbocycles. The number of nitrogens with zero attached hydrogens (tertiary/aromatic N) is 2. The maximum absolute atomic E-state index is 13.8. The van der Waals surface area contributed by atoms with Crippen molar-refractivity contribution in [1.29, 1.82) is 0 Å². The number of thiazole rings is 2. The summed E-state index contributed by atoms with van der Waals surface area (Å²) in [4.78, 5) is 37.6. The van der Waals surface area contributed by atoms with Crippen molar-refractivity contribution in [1.82, 2.24) is 9.97 Å². The fraction of sp³-hybridized carbons (Fsp3) is 0.615. The summed E-state index contributed by atoms with van der Waals surface area (Å²) in [5.74, 6) is 0.272. The number of carboxylic acid groups (broad SMARTS) is 1. The molecule has 2 aromatic heterocycles. The van der Waals surface area contributed by atoms with E-state index in [-0.39, 0.29) is 31.0 Å². The molecule has 6 rings (SSSR count). The third kappa shape index (κ3) is 13.3. The molecule has 2 aliphatic rings. The van der Waals surface area contributed by atoms with Crippen LogP contribution >= 0.6 is 22.7 Å². The van der Waals surface area contributed by atoms with Gasteiger partial charge in [-0.1, -0.05) is 39.5 Å². The Morgan fingerprint density at radius 3 is 1.69 bits per heavy atom. The number of aryl methyl sites for hydroxylation is 2. The zero-order valence-electron chi connectivity index (χ0n) is 41.3. The Hall–Kier alpha value is -4.32. The van der Waals surface area contributed by atoms with Gasteiger partial charge in [-0.25, -0.2) is 9.97 Å². The van der Waals surface area contributed by atoms with Crippen LogP contribution in [0.5, 0.6) is 23.0 Å². The van der Waals surface area contributed by atoms with Crippen LogP contribution in [-0.4, -0.2) is 96.2 Å². The van der Waals surface area contributed by atoms with E-state index in [1.807, 2.05) is 32.9 Å². The van der Waals surface area contributed by atoms with E-state index in [1.54, 1.807) is 58.8 Å². The quantitative estimate of drug-likeness (QED) is 0.0505. The fourth-order valence-electron chi connectivity index (χ4n) is 9.37. The van der Waals surface area contributed by atoms with Gasteiger partial charge in [-0.3, -0.25) is 9.59 Å². The summed E-state index contributed by atoms with van der Waals surface area (Å²) >= 11 is 3.03. The molecule has 0 spiro atoms. The lowest BCUT2D eigenvalue weighted by molar-refractivity contribution is -0.148. The van der Waals surface area contributed by atoms with Gasteiger partial charge in [-0.05, 0) is 101 Å². The van der Waals surface area contributed by atoms with E-state index >= 15 is 0 Å². The van der Waals surface area contributed by atoms with Crippen LogP contribution in [0.25, 0.3) is 0 Å². The summed E-state index contributed by atoms with van der Waals surface area (Å²) in [7, 11) is 6.34. The zero-order chi connectivity index (χ0) is 49.1. The number of aliphatic hydroxyl groups is 2. The largest absolute Gasteiger partial charge is 0.496 e. The summed E-state index contributed by atoms with van der Waals surface area (Å²) in [5, 5.41) is 35.3. The number of carboxylic acids is 1. The highest BCUT2D eigenvalue weighted by Crippen LogP contribution is 2.39. The SMILES string of the molecule is CCCCc1sc(CC(OC2CCCC2)C(O)c2cc(OC)c(C)c(OC)c2)nc1CC(=O)OC1CCC(OC(Cc2nc(C(C)C(=O)O)c(CCC)s2)C(O)c2cc(OC)c(C)c(OC)c2)C1. The maximum atomic E-state index is 13.8. The molecule has 0 radical (unpaired) electrons. The van der Waals surface area contributed by atoms with Crippen molar-refractivity contribution < 1.29 is 58.1 Å².